The average molecular weight is 371 g/mol. The number of imidazole rings is 1. The van der Waals surface area contributed by atoms with Crippen molar-refractivity contribution in [3.8, 4) is 0 Å². The number of hydrogen-bond donors (Lipinski definition) is 4. The molecule has 0 bridgehead atoms. The van der Waals surface area contributed by atoms with Crippen molar-refractivity contribution in [1.82, 2.24) is 19.5 Å². The van der Waals surface area contributed by atoms with Gasteiger partial charge in [0.05, 0.1) is 18.0 Å². The molecular weight excluding hydrogens is 354 g/mol. The summed E-state index contributed by atoms with van der Waals surface area (Å²) in [5.74, 6) is -0.873. The number of aromatic nitrogens is 4. The first-order valence-corrected chi connectivity index (χ1v) is 8.23. The Hall–Kier alpha value is -3.08. The van der Waals surface area contributed by atoms with Crippen LogP contribution in [0.4, 0.5) is 5.82 Å². The number of fused-ring (bicyclic) bond motifs is 1. The van der Waals surface area contributed by atoms with E-state index in [-0.39, 0.29) is 17.8 Å². The molecule has 27 heavy (non-hydrogen) atoms. The minimum Gasteiger partial charge on any atom is -0.478 e. The molecule has 0 unspecified atom stereocenters. The first-order valence-electron chi connectivity index (χ1n) is 8.23. The van der Waals surface area contributed by atoms with Crippen LogP contribution in [-0.2, 0) is 11.2 Å². The molecule has 1 saturated heterocycles. The van der Waals surface area contributed by atoms with E-state index in [2.05, 4.69) is 15.0 Å². The fourth-order valence-electron chi connectivity index (χ4n) is 3.31. The summed E-state index contributed by atoms with van der Waals surface area (Å²) in [7, 11) is 0. The van der Waals surface area contributed by atoms with Crippen LogP contribution < -0.4 is 5.73 Å². The lowest BCUT2D eigenvalue weighted by atomic mass is 9.98. The number of nitrogens with two attached hydrogens (primary N) is 1. The van der Waals surface area contributed by atoms with E-state index in [0.29, 0.717) is 16.7 Å². The topological polar surface area (TPSA) is 157 Å². The van der Waals surface area contributed by atoms with E-state index < -0.39 is 30.5 Å². The Bertz CT molecular complexity index is 1010. The normalized spacial score (nSPS) is 25.1. The highest BCUT2D eigenvalue weighted by atomic mass is 16.6. The highest BCUT2D eigenvalue weighted by Gasteiger charge is 2.44. The van der Waals surface area contributed by atoms with Crippen LogP contribution in [0.3, 0.4) is 0 Å². The van der Waals surface area contributed by atoms with Gasteiger partial charge in [-0.1, -0.05) is 18.2 Å². The van der Waals surface area contributed by atoms with Crippen molar-refractivity contribution in [2.45, 2.75) is 31.0 Å². The number of carbonyl (C=O) groups is 1. The second kappa shape index (κ2) is 6.58. The second-order valence-electron chi connectivity index (χ2n) is 6.30. The number of carboxylic acid groups (broad SMARTS) is 1. The monoisotopic (exact) mass is 371 g/mol. The van der Waals surface area contributed by atoms with Gasteiger partial charge in [0.2, 0.25) is 0 Å². The number of nitrogen functional groups attached to an aromatic ring is 1. The van der Waals surface area contributed by atoms with Gasteiger partial charge in [-0.05, 0) is 11.6 Å². The molecule has 5 N–H and O–H groups in total. The van der Waals surface area contributed by atoms with Crippen molar-refractivity contribution >= 4 is 23.0 Å². The van der Waals surface area contributed by atoms with E-state index in [1.807, 2.05) is 0 Å². The summed E-state index contributed by atoms with van der Waals surface area (Å²) >= 11 is 0. The molecule has 0 saturated carbocycles. The number of aromatic carboxylic acids is 1. The highest BCUT2D eigenvalue weighted by molar-refractivity contribution is 5.89. The number of rotatable bonds is 4. The predicted octanol–water partition coefficient (Wildman–Crippen LogP) is -0.0314. The van der Waals surface area contributed by atoms with Gasteiger partial charge in [0.25, 0.3) is 0 Å². The maximum Gasteiger partial charge on any atom is 0.335 e. The van der Waals surface area contributed by atoms with Gasteiger partial charge in [0.1, 0.15) is 24.1 Å². The van der Waals surface area contributed by atoms with Gasteiger partial charge >= 0.3 is 5.97 Å². The minimum atomic E-state index is -1.25. The Balaban J connectivity index is 1.63. The zero-order valence-electron chi connectivity index (χ0n) is 14.0. The second-order valence-corrected chi connectivity index (χ2v) is 6.30. The lowest BCUT2D eigenvalue weighted by Crippen LogP contribution is -2.32. The van der Waals surface area contributed by atoms with Crippen LogP contribution in [0.5, 0.6) is 0 Å². The summed E-state index contributed by atoms with van der Waals surface area (Å²) < 4.78 is 7.32. The molecule has 0 spiro atoms. The van der Waals surface area contributed by atoms with Crippen LogP contribution >= 0.6 is 0 Å². The van der Waals surface area contributed by atoms with Crippen LogP contribution in [0.1, 0.15) is 22.1 Å². The third kappa shape index (κ3) is 2.89. The number of ether oxygens (including phenoxy) is 1. The summed E-state index contributed by atoms with van der Waals surface area (Å²) in [6, 6.07) is 6.47. The zero-order valence-corrected chi connectivity index (χ0v) is 14.0. The van der Waals surface area contributed by atoms with Gasteiger partial charge in [-0.25, -0.2) is 19.7 Å². The van der Waals surface area contributed by atoms with Gasteiger partial charge in [-0.2, -0.15) is 0 Å². The average Bonchev–Trinajstić information content (AvgIpc) is 3.19. The number of aliphatic hydroxyl groups excluding tert-OH is 2. The van der Waals surface area contributed by atoms with Gasteiger partial charge in [-0.15, -0.1) is 0 Å². The number of carboxylic acids is 1. The molecule has 1 aliphatic heterocycles. The Morgan fingerprint density at radius 3 is 2.74 bits per heavy atom. The van der Waals surface area contributed by atoms with Crippen molar-refractivity contribution in [3.63, 3.8) is 0 Å². The fourth-order valence-corrected chi connectivity index (χ4v) is 3.31. The number of benzene rings is 1. The fraction of sp³-hybridized carbons (Fsp3) is 0.294. The number of nitrogens with zero attached hydrogens (tertiary/aromatic N) is 4. The van der Waals surface area contributed by atoms with E-state index >= 15 is 0 Å². The van der Waals surface area contributed by atoms with Gasteiger partial charge < -0.3 is 25.8 Å². The zero-order chi connectivity index (χ0) is 19.1. The van der Waals surface area contributed by atoms with E-state index in [0.717, 1.165) is 0 Å². The van der Waals surface area contributed by atoms with Crippen molar-refractivity contribution in [2.24, 2.45) is 0 Å². The first-order chi connectivity index (χ1) is 13.0. The predicted molar refractivity (Wildman–Crippen MR) is 92.8 cm³/mol. The number of anilines is 1. The van der Waals surface area contributed by atoms with Crippen LogP contribution in [0.25, 0.3) is 11.2 Å². The smallest absolute Gasteiger partial charge is 0.335 e. The highest BCUT2D eigenvalue weighted by Crippen LogP contribution is 2.33. The molecule has 0 radical (unpaired) electrons. The Kier molecular flexibility index (Phi) is 4.22. The lowest BCUT2D eigenvalue weighted by molar-refractivity contribution is -0.0345. The van der Waals surface area contributed by atoms with E-state index in [9.17, 15) is 20.1 Å². The minimum absolute atomic E-state index is 0.125. The quantitative estimate of drug-likeness (QED) is 0.494. The van der Waals surface area contributed by atoms with Crippen LogP contribution in [-0.4, -0.2) is 59.1 Å². The summed E-state index contributed by atoms with van der Waals surface area (Å²) in [6.07, 6.45) is -1.41. The van der Waals surface area contributed by atoms with Gasteiger partial charge in [0.15, 0.2) is 17.7 Å². The van der Waals surface area contributed by atoms with Gasteiger partial charge in [-0.3, -0.25) is 4.57 Å². The number of aliphatic hydroxyl groups is 2. The standard InChI is InChI=1S/C17H17N5O5/c18-14-11-15(20-6-19-14)22(7-21-11)16-13(24)12(23)10(27-16)5-8-3-1-2-4-9(8)17(25)26/h1-4,6-7,10,12-13,16,23-24H,5H2,(H,25,26)(H2,18,19,20)/t10-,12-,13-,16-/m1/s1. The third-order valence-electron chi connectivity index (χ3n) is 4.67. The molecule has 10 nitrogen and oxygen atoms in total. The van der Waals surface area contributed by atoms with Crippen molar-refractivity contribution in [1.29, 1.82) is 0 Å². The Morgan fingerprint density at radius 2 is 1.96 bits per heavy atom. The molecule has 1 aromatic carbocycles. The van der Waals surface area contributed by atoms with Crippen molar-refractivity contribution < 1.29 is 24.9 Å². The summed E-state index contributed by atoms with van der Waals surface area (Å²) in [5.41, 5.74) is 7.13. The maximum atomic E-state index is 11.4. The molecule has 1 fully saturated rings. The van der Waals surface area contributed by atoms with Crippen LogP contribution in [0, 0.1) is 0 Å². The third-order valence-corrected chi connectivity index (χ3v) is 4.67. The molecule has 4 atom stereocenters. The molecule has 140 valence electrons. The SMILES string of the molecule is Nc1ncnc2c1ncn2[C@@H]1O[C@H](Cc2ccccc2C(=O)O)[C@@H](O)[C@H]1O. The summed E-state index contributed by atoms with van der Waals surface area (Å²) in [6.45, 7) is 0. The van der Waals surface area contributed by atoms with Crippen molar-refractivity contribution in [2.75, 3.05) is 5.73 Å². The lowest BCUT2D eigenvalue weighted by Gasteiger charge is -2.16. The summed E-state index contributed by atoms with van der Waals surface area (Å²) in [4.78, 5) is 23.5. The van der Waals surface area contributed by atoms with Crippen LogP contribution in [0.2, 0.25) is 0 Å². The molecular formula is C17H17N5O5. The van der Waals surface area contributed by atoms with E-state index in [1.54, 1.807) is 18.2 Å². The van der Waals surface area contributed by atoms with Crippen molar-refractivity contribution in [3.05, 3.63) is 48.0 Å². The Labute approximate surface area is 152 Å². The molecule has 3 heterocycles. The van der Waals surface area contributed by atoms with E-state index in [4.69, 9.17) is 10.5 Å². The molecule has 3 aromatic rings. The Morgan fingerprint density at radius 1 is 1.19 bits per heavy atom. The van der Waals surface area contributed by atoms with E-state index in [1.165, 1.54) is 23.3 Å². The first kappa shape index (κ1) is 17.3. The molecule has 0 aliphatic carbocycles. The molecule has 4 rings (SSSR count). The maximum absolute atomic E-state index is 11.4. The summed E-state index contributed by atoms with van der Waals surface area (Å²) in [5, 5.41) is 30.2. The number of hydrogen-bond acceptors (Lipinski definition) is 8. The molecule has 0 amide bonds. The molecule has 1 aliphatic rings. The molecule has 2 aromatic heterocycles. The van der Waals surface area contributed by atoms with Gasteiger partial charge in [0, 0.05) is 6.42 Å². The largest absolute Gasteiger partial charge is 0.478 e. The molecule has 10 heteroatoms. The van der Waals surface area contributed by atoms with Crippen LogP contribution in [0.15, 0.2) is 36.9 Å².